The van der Waals surface area contributed by atoms with Gasteiger partial charge in [-0.25, -0.2) is 9.50 Å². The summed E-state index contributed by atoms with van der Waals surface area (Å²) in [5, 5.41) is 2.94. The maximum Gasteiger partial charge on any atom is 0.272 e. The molecule has 0 aliphatic carbocycles. The first-order valence-corrected chi connectivity index (χ1v) is 5.42. The minimum atomic E-state index is -0.176. The average molecular weight is 245 g/mol. The molecule has 0 fully saturated rings. The Labute approximate surface area is 102 Å². The third kappa shape index (κ3) is 1.72. The van der Waals surface area contributed by atoms with Gasteiger partial charge in [-0.15, -0.1) is 0 Å². The van der Waals surface area contributed by atoms with E-state index in [-0.39, 0.29) is 5.56 Å². The molecule has 3 aromatic heterocycles. The van der Waals surface area contributed by atoms with Crippen LogP contribution in [0.3, 0.4) is 0 Å². The lowest BCUT2D eigenvalue weighted by molar-refractivity contribution is 0.181. The molecule has 0 saturated heterocycles. The Balaban J connectivity index is 2.17. The quantitative estimate of drug-likeness (QED) is 0.757. The van der Waals surface area contributed by atoms with Gasteiger partial charge in [0.15, 0.2) is 11.4 Å². The van der Waals surface area contributed by atoms with Crippen molar-refractivity contribution < 1.29 is 9.15 Å². The number of aromatic amines is 1. The Hall–Kier alpha value is -2.34. The van der Waals surface area contributed by atoms with Gasteiger partial charge in [-0.3, -0.25) is 9.89 Å². The number of H-pyrrole nitrogens is 1. The summed E-state index contributed by atoms with van der Waals surface area (Å²) in [5.41, 5.74) is 1.68. The number of hydrogen-bond donors (Lipinski definition) is 1. The number of ether oxygens (including phenoxy) is 1. The fourth-order valence-corrected chi connectivity index (χ4v) is 1.82. The van der Waals surface area contributed by atoms with Crippen molar-refractivity contribution in [2.45, 2.75) is 6.61 Å². The van der Waals surface area contributed by atoms with E-state index in [9.17, 15) is 4.79 Å². The summed E-state index contributed by atoms with van der Waals surface area (Å²) in [7, 11) is 1.56. The van der Waals surface area contributed by atoms with E-state index in [0.717, 1.165) is 0 Å². The highest BCUT2D eigenvalue weighted by Gasteiger charge is 2.09. The summed E-state index contributed by atoms with van der Waals surface area (Å²) in [5.74, 6) is 0.660. The maximum absolute atomic E-state index is 11.9. The van der Waals surface area contributed by atoms with Gasteiger partial charge in [0.05, 0.1) is 18.6 Å². The van der Waals surface area contributed by atoms with Crippen LogP contribution < -0.4 is 5.56 Å². The minimum Gasteiger partial charge on any atom is -0.463 e. The van der Waals surface area contributed by atoms with Crippen LogP contribution in [0.5, 0.6) is 0 Å². The number of furan rings is 1. The van der Waals surface area contributed by atoms with Gasteiger partial charge in [0, 0.05) is 19.2 Å². The van der Waals surface area contributed by atoms with Gasteiger partial charge in [-0.2, -0.15) is 0 Å². The first kappa shape index (κ1) is 10.8. The van der Waals surface area contributed by atoms with Crippen LogP contribution in [0.15, 0.2) is 39.7 Å². The van der Waals surface area contributed by atoms with Crippen LogP contribution in [0, 0.1) is 0 Å². The highest BCUT2D eigenvalue weighted by Crippen LogP contribution is 2.18. The van der Waals surface area contributed by atoms with E-state index in [1.165, 1.54) is 10.6 Å². The lowest BCUT2D eigenvalue weighted by Crippen LogP contribution is -2.15. The van der Waals surface area contributed by atoms with Crippen molar-refractivity contribution in [1.82, 2.24) is 14.6 Å². The lowest BCUT2D eigenvalue weighted by Gasteiger charge is -1.98. The van der Waals surface area contributed by atoms with Crippen LogP contribution in [-0.4, -0.2) is 21.7 Å². The molecule has 3 aromatic rings. The Bertz CT molecular complexity index is 725. The van der Waals surface area contributed by atoms with Gasteiger partial charge < -0.3 is 9.15 Å². The van der Waals surface area contributed by atoms with Crippen LogP contribution in [0.25, 0.3) is 17.1 Å². The predicted octanol–water partition coefficient (Wildman–Crippen LogP) is 1.43. The van der Waals surface area contributed by atoms with E-state index in [1.807, 2.05) is 6.07 Å². The molecule has 3 rings (SSSR count). The first-order chi connectivity index (χ1) is 8.78. The summed E-state index contributed by atoms with van der Waals surface area (Å²) >= 11 is 0. The monoisotopic (exact) mass is 245 g/mol. The van der Waals surface area contributed by atoms with E-state index in [4.69, 9.17) is 9.15 Å². The Morgan fingerprint density at radius 1 is 1.50 bits per heavy atom. The molecular formula is C12H11N3O3. The molecule has 0 radical (unpaired) electrons. The van der Waals surface area contributed by atoms with Gasteiger partial charge in [0.1, 0.15) is 5.69 Å². The molecule has 0 aliphatic heterocycles. The topological polar surface area (TPSA) is 72.5 Å². The fourth-order valence-electron chi connectivity index (χ4n) is 1.82. The van der Waals surface area contributed by atoms with Gasteiger partial charge in [0.25, 0.3) is 5.56 Å². The van der Waals surface area contributed by atoms with Gasteiger partial charge >= 0.3 is 0 Å². The van der Waals surface area contributed by atoms with Crippen molar-refractivity contribution in [1.29, 1.82) is 0 Å². The summed E-state index contributed by atoms with van der Waals surface area (Å²) in [6, 6.07) is 6.80. The smallest absolute Gasteiger partial charge is 0.272 e. The minimum absolute atomic E-state index is 0.176. The van der Waals surface area contributed by atoms with Crippen LogP contribution in [0.1, 0.15) is 5.69 Å². The molecule has 0 unspecified atom stereocenters. The van der Waals surface area contributed by atoms with Crippen LogP contribution in [0.4, 0.5) is 0 Å². The van der Waals surface area contributed by atoms with Crippen LogP contribution in [0.2, 0.25) is 0 Å². The number of nitrogens with zero attached hydrogens (tertiary/aromatic N) is 2. The number of fused-ring (bicyclic) bond motifs is 1. The van der Waals surface area contributed by atoms with E-state index in [1.54, 1.807) is 25.5 Å². The molecule has 92 valence electrons. The Morgan fingerprint density at radius 3 is 3.11 bits per heavy atom. The van der Waals surface area contributed by atoms with Crippen molar-refractivity contribution in [3.05, 3.63) is 46.6 Å². The molecule has 0 aromatic carbocycles. The highest BCUT2D eigenvalue weighted by molar-refractivity contribution is 5.58. The summed E-state index contributed by atoms with van der Waals surface area (Å²) in [6.07, 6.45) is 1.58. The van der Waals surface area contributed by atoms with Gasteiger partial charge in [-0.1, -0.05) is 0 Å². The Kier molecular flexibility index (Phi) is 2.49. The van der Waals surface area contributed by atoms with Crippen LogP contribution in [-0.2, 0) is 11.3 Å². The standard InChI is InChI=1S/C12H11N3O3/c1-17-7-8-5-12(16)15-11(13-8)6-9(14-15)10-3-2-4-18-10/h2-6,14H,7H2,1H3. The molecule has 0 aliphatic rings. The van der Waals surface area contributed by atoms with Crippen molar-refractivity contribution in [3.63, 3.8) is 0 Å². The molecule has 6 heteroatoms. The first-order valence-electron chi connectivity index (χ1n) is 5.42. The second kappa shape index (κ2) is 4.15. The van der Waals surface area contributed by atoms with Crippen molar-refractivity contribution in [2.24, 2.45) is 0 Å². The molecule has 0 bridgehead atoms. The molecule has 6 nitrogen and oxygen atoms in total. The maximum atomic E-state index is 11.9. The normalized spacial score (nSPS) is 11.2. The van der Waals surface area contributed by atoms with Crippen LogP contribution >= 0.6 is 0 Å². The zero-order valence-corrected chi connectivity index (χ0v) is 9.71. The third-order valence-corrected chi connectivity index (χ3v) is 2.58. The van der Waals surface area contributed by atoms with E-state index < -0.39 is 0 Å². The summed E-state index contributed by atoms with van der Waals surface area (Å²) in [6.45, 7) is 0.313. The molecule has 18 heavy (non-hydrogen) atoms. The zero-order valence-electron chi connectivity index (χ0n) is 9.71. The lowest BCUT2D eigenvalue weighted by atomic mass is 10.3. The van der Waals surface area contributed by atoms with E-state index >= 15 is 0 Å². The Morgan fingerprint density at radius 2 is 2.39 bits per heavy atom. The fraction of sp³-hybridized carbons (Fsp3) is 0.167. The molecule has 3 heterocycles. The highest BCUT2D eigenvalue weighted by atomic mass is 16.5. The number of nitrogens with one attached hydrogen (secondary N) is 1. The molecular weight excluding hydrogens is 234 g/mol. The van der Waals surface area contributed by atoms with Crippen molar-refractivity contribution in [3.8, 4) is 11.5 Å². The van der Waals surface area contributed by atoms with Gasteiger partial charge in [0.2, 0.25) is 0 Å². The number of rotatable bonds is 3. The van der Waals surface area contributed by atoms with E-state index in [0.29, 0.717) is 29.4 Å². The van der Waals surface area contributed by atoms with Crippen molar-refractivity contribution in [2.75, 3.05) is 7.11 Å². The average Bonchev–Trinajstić information content (AvgIpc) is 2.97. The largest absolute Gasteiger partial charge is 0.463 e. The predicted molar refractivity (Wildman–Crippen MR) is 64.2 cm³/mol. The molecule has 0 atom stereocenters. The second-order valence-corrected chi connectivity index (χ2v) is 3.86. The third-order valence-electron chi connectivity index (χ3n) is 2.58. The van der Waals surface area contributed by atoms with E-state index in [2.05, 4.69) is 10.1 Å². The molecule has 1 N–H and O–H groups in total. The van der Waals surface area contributed by atoms with Gasteiger partial charge in [-0.05, 0) is 12.1 Å². The number of hydrogen-bond acceptors (Lipinski definition) is 4. The SMILES string of the molecule is COCc1cc(=O)n2[nH]c(-c3ccco3)cc2n1. The zero-order chi connectivity index (χ0) is 12.5. The second-order valence-electron chi connectivity index (χ2n) is 3.86. The number of aromatic nitrogens is 3. The molecule has 0 amide bonds. The molecule has 0 saturated carbocycles. The summed E-state index contributed by atoms with van der Waals surface area (Å²) in [4.78, 5) is 16.2. The van der Waals surface area contributed by atoms with Crippen molar-refractivity contribution >= 4 is 5.65 Å². The number of methoxy groups -OCH3 is 1. The summed E-state index contributed by atoms with van der Waals surface area (Å²) < 4.78 is 11.6. The molecule has 0 spiro atoms.